The van der Waals surface area contributed by atoms with Crippen molar-refractivity contribution in [2.75, 3.05) is 23.9 Å². The van der Waals surface area contributed by atoms with Crippen LogP contribution in [-0.2, 0) is 0 Å². The Labute approximate surface area is 109 Å². The fraction of sp³-hybridized carbons (Fsp3) is 0.417. The summed E-state index contributed by atoms with van der Waals surface area (Å²) in [6.07, 6.45) is 3.79. The number of aromatic nitrogens is 1. The van der Waals surface area contributed by atoms with E-state index in [1.807, 2.05) is 30.7 Å². The number of fused-ring (bicyclic) bond motifs is 1. The van der Waals surface area contributed by atoms with E-state index in [1.54, 1.807) is 29.3 Å². The van der Waals surface area contributed by atoms with E-state index in [1.165, 1.54) is 0 Å². The van der Waals surface area contributed by atoms with Gasteiger partial charge in [-0.05, 0) is 30.7 Å². The molecule has 0 fully saturated rings. The Bertz CT molecular complexity index is 496. The molecule has 0 amide bonds. The van der Waals surface area contributed by atoms with Crippen molar-refractivity contribution in [2.24, 2.45) is 0 Å². The van der Waals surface area contributed by atoms with Gasteiger partial charge in [-0.1, -0.05) is 0 Å². The van der Waals surface area contributed by atoms with Gasteiger partial charge in [0.05, 0.1) is 21.5 Å². The van der Waals surface area contributed by atoms with Crippen LogP contribution in [-0.4, -0.2) is 34.2 Å². The number of anilines is 1. The van der Waals surface area contributed by atoms with E-state index in [4.69, 9.17) is 0 Å². The number of hydrogen-bond donors (Lipinski definition) is 2. The van der Waals surface area contributed by atoms with Crippen molar-refractivity contribution in [1.82, 2.24) is 4.98 Å². The SMILES string of the molecule is CSC[C@](C)(O)CNc1ccnc2ccsc12. The van der Waals surface area contributed by atoms with E-state index < -0.39 is 5.60 Å². The van der Waals surface area contributed by atoms with Crippen LogP contribution in [0.1, 0.15) is 6.92 Å². The highest BCUT2D eigenvalue weighted by molar-refractivity contribution is 7.98. The van der Waals surface area contributed by atoms with Gasteiger partial charge >= 0.3 is 0 Å². The second-order valence-electron chi connectivity index (χ2n) is 4.28. The molecule has 2 aromatic heterocycles. The van der Waals surface area contributed by atoms with Crippen molar-refractivity contribution >= 4 is 39.0 Å². The summed E-state index contributed by atoms with van der Waals surface area (Å²) in [4.78, 5) is 4.29. The monoisotopic (exact) mass is 268 g/mol. The third-order valence-electron chi connectivity index (χ3n) is 2.46. The van der Waals surface area contributed by atoms with Gasteiger partial charge in [0.25, 0.3) is 0 Å². The molecule has 0 bridgehead atoms. The summed E-state index contributed by atoms with van der Waals surface area (Å²) in [7, 11) is 0. The van der Waals surface area contributed by atoms with Crippen LogP contribution in [0.15, 0.2) is 23.7 Å². The highest BCUT2D eigenvalue weighted by Gasteiger charge is 2.19. The molecule has 2 heterocycles. The number of aliphatic hydroxyl groups is 1. The molecule has 0 aliphatic carbocycles. The third-order valence-corrected chi connectivity index (χ3v) is 4.31. The summed E-state index contributed by atoms with van der Waals surface area (Å²) < 4.78 is 1.15. The minimum Gasteiger partial charge on any atom is -0.387 e. The second kappa shape index (κ2) is 5.25. The van der Waals surface area contributed by atoms with Crippen molar-refractivity contribution in [3.05, 3.63) is 23.7 Å². The Morgan fingerprint density at radius 1 is 1.53 bits per heavy atom. The molecular formula is C12H16N2OS2. The molecule has 5 heteroatoms. The van der Waals surface area contributed by atoms with Crippen molar-refractivity contribution < 1.29 is 5.11 Å². The summed E-state index contributed by atoms with van der Waals surface area (Å²) >= 11 is 3.32. The first-order chi connectivity index (χ1) is 8.12. The number of thioether (sulfide) groups is 1. The quantitative estimate of drug-likeness (QED) is 0.875. The Balaban J connectivity index is 2.11. The summed E-state index contributed by atoms with van der Waals surface area (Å²) in [5.41, 5.74) is 1.36. The second-order valence-corrected chi connectivity index (χ2v) is 6.06. The average Bonchev–Trinajstić information content (AvgIpc) is 2.74. The van der Waals surface area contributed by atoms with Crippen molar-refractivity contribution in [3.63, 3.8) is 0 Å². The first kappa shape index (κ1) is 12.7. The van der Waals surface area contributed by atoms with Crippen LogP contribution < -0.4 is 5.32 Å². The molecule has 0 saturated heterocycles. The van der Waals surface area contributed by atoms with Gasteiger partial charge in [-0.15, -0.1) is 11.3 Å². The maximum atomic E-state index is 10.1. The Morgan fingerprint density at radius 2 is 2.35 bits per heavy atom. The lowest BCUT2D eigenvalue weighted by Crippen LogP contribution is -2.36. The van der Waals surface area contributed by atoms with Gasteiger partial charge in [-0.25, -0.2) is 0 Å². The Hall–Kier alpha value is -0.780. The predicted octanol–water partition coefficient (Wildman–Crippen LogP) is 2.82. The largest absolute Gasteiger partial charge is 0.387 e. The smallest absolute Gasteiger partial charge is 0.0880 e. The topological polar surface area (TPSA) is 45.1 Å². The lowest BCUT2D eigenvalue weighted by Gasteiger charge is -2.23. The fourth-order valence-corrected chi connectivity index (χ4v) is 3.23. The van der Waals surface area contributed by atoms with Crippen LogP contribution in [0, 0.1) is 0 Å². The van der Waals surface area contributed by atoms with Gasteiger partial charge in [-0.2, -0.15) is 11.8 Å². The van der Waals surface area contributed by atoms with Crippen molar-refractivity contribution in [3.8, 4) is 0 Å². The highest BCUT2D eigenvalue weighted by atomic mass is 32.2. The molecule has 92 valence electrons. The molecule has 0 saturated carbocycles. The lowest BCUT2D eigenvalue weighted by molar-refractivity contribution is 0.0997. The highest BCUT2D eigenvalue weighted by Crippen LogP contribution is 2.27. The average molecular weight is 268 g/mol. The van der Waals surface area contributed by atoms with Gasteiger partial charge in [-0.3, -0.25) is 4.98 Å². The van der Waals surface area contributed by atoms with Crippen LogP contribution in [0.3, 0.4) is 0 Å². The van der Waals surface area contributed by atoms with Crippen LogP contribution >= 0.6 is 23.1 Å². The minimum absolute atomic E-state index is 0.546. The van der Waals surface area contributed by atoms with E-state index >= 15 is 0 Å². The summed E-state index contributed by atoms with van der Waals surface area (Å²) in [5, 5.41) is 15.4. The molecule has 3 nitrogen and oxygen atoms in total. The molecule has 17 heavy (non-hydrogen) atoms. The summed E-state index contributed by atoms with van der Waals surface area (Å²) in [5.74, 6) is 0.721. The Morgan fingerprint density at radius 3 is 3.12 bits per heavy atom. The molecule has 1 atom stereocenters. The molecule has 0 unspecified atom stereocenters. The number of nitrogens with one attached hydrogen (secondary N) is 1. The summed E-state index contributed by atoms with van der Waals surface area (Å²) in [6, 6.07) is 3.96. The first-order valence-electron chi connectivity index (χ1n) is 5.40. The van der Waals surface area contributed by atoms with Gasteiger partial charge in [0.2, 0.25) is 0 Å². The molecule has 0 aromatic carbocycles. The zero-order chi connectivity index (χ0) is 12.3. The number of rotatable bonds is 5. The van der Waals surface area contributed by atoms with E-state index in [9.17, 15) is 5.11 Å². The van der Waals surface area contributed by atoms with Crippen LogP contribution in [0.5, 0.6) is 0 Å². The standard InChI is InChI=1S/C12H16N2OS2/c1-12(15,8-16-2)7-14-9-3-5-13-10-4-6-17-11(9)10/h3-6,15H,7-8H2,1-2H3,(H,13,14)/t12-/m1/s1. The molecule has 2 N–H and O–H groups in total. The molecule has 0 spiro atoms. The maximum Gasteiger partial charge on any atom is 0.0880 e. The maximum absolute atomic E-state index is 10.1. The van der Waals surface area contributed by atoms with E-state index in [0.29, 0.717) is 6.54 Å². The number of pyridine rings is 1. The molecular weight excluding hydrogens is 252 g/mol. The predicted molar refractivity (Wildman–Crippen MR) is 77.1 cm³/mol. The van der Waals surface area contributed by atoms with E-state index in [0.717, 1.165) is 21.7 Å². The van der Waals surface area contributed by atoms with Gasteiger partial charge < -0.3 is 10.4 Å². The van der Waals surface area contributed by atoms with Gasteiger partial charge in [0.15, 0.2) is 0 Å². The van der Waals surface area contributed by atoms with E-state index in [2.05, 4.69) is 10.3 Å². The number of hydrogen-bond acceptors (Lipinski definition) is 5. The zero-order valence-electron chi connectivity index (χ0n) is 9.93. The van der Waals surface area contributed by atoms with Crippen LogP contribution in [0.4, 0.5) is 5.69 Å². The third kappa shape index (κ3) is 3.12. The molecule has 2 aromatic rings. The molecule has 0 aliphatic rings. The van der Waals surface area contributed by atoms with Gasteiger partial charge in [0.1, 0.15) is 0 Å². The van der Waals surface area contributed by atoms with Crippen molar-refractivity contribution in [1.29, 1.82) is 0 Å². The molecule has 2 rings (SSSR count). The number of thiophene rings is 1. The first-order valence-corrected chi connectivity index (χ1v) is 7.67. The zero-order valence-corrected chi connectivity index (χ0v) is 11.6. The normalized spacial score (nSPS) is 14.8. The molecule has 0 aliphatic heterocycles. The Kier molecular flexibility index (Phi) is 3.91. The van der Waals surface area contributed by atoms with Crippen LogP contribution in [0.25, 0.3) is 10.2 Å². The molecule has 0 radical (unpaired) electrons. The van der Waals surface area contributed by atoms with E-state index in [-0.39, 0.29) is 0 Å². The van der Waals surface area contributed by atoms with Crippen molar-refractivity contribution in [2.45, 2.75) is 12.5 Å². The van der Waals surface area contributed by atoms with Gasteiger partial charge in [0, 0.05) is 18.5 Å². The number of nitrogens with zero attached hydrogens (tertiary/aromatic N) is 1. The fourth-order valence-electron chi connectivity index (χ4n) is 1.66. The minimum atomic E-state index is -0.688. The summed E-state index contributed by atoms with van der Waals surface area (Å²) in [6.45, 7) is 2.40. The lowest BCUT2D eigenvalue weighted by atomic mass is 10.1. The van der Waals surface area contributed by atoms with Crippen LogP contribution in [0.2, 0.25) is 0 Å².